The molecule has 132 valence electrons. The lowest BCUT2D eigenvalue weighted by molar-refractivity contribution is -0.234. The van der Waals surface area contributed by atoms with Crippen molar-refractivity contribution in [1.82, 2.24) is 0 Å². The van der Waals surface area contributed by atoms with Crippen molar-refractivity contribution in [2.75, 3.05) is 0 Å². The van der Waals surface area contributed by atoms with Gasteiger partial charge in [0.15, 0.2) is 0 Å². The van der Waals surface area contributed by atoms with Crippen molar-refractivity contribution in [1.29, 1.82) is 0 Å². The molecule has 0 aliphatic rings. The van der Waals surface area contributed by atoms with Gasteiger partial charge in [0.1, 0.15) is 0 Å². The van der Waals surface area contributed by atoms with Gasteiger partial charge in [0.25, 0.3) is 5.41 Å². The first kappa shape index (κ1) is 19.7. The van der Waals surface area contributed by atoms with Crippen molar-refractivity contribution in [2.24, 2.45) is 5.41 Å². The van der Waals surface area contributed by atoms with E-state index in [2.05, 4.69) is 0 Å². The molecule has 24 heavy (non-hydrogen) atoms. The zero-order valence-electron chi connectivity index (χ0n) is 13.5. The van der Waals surface area contributed by atoms with E-state index < -0.39 is 30.0 Å². The SMILES string of the molecule is CC(C)(C)c1ccc(/C=C/CC(C(=O)O)(C(=O)O)C(F)(F)F)cc1. The molecule has 2 N–H and O–H groups in total. The highest BCUT2D eigenvalue weighted by atomic mass is 19.4. The molecule has 0 aliphatic heterocycles. The molecule has 0 amide bonds. The molecular formula is C17H19F3O4. The fraction of sp³-hybridized carbons (Fsp3) is 0.412. The lowest BCUT2D eigenvalue weighted by Crippen LogP contribution is -2.51. The quantitative estimate of drug-likeness (QED) is 0.789. The second-order valence-electron chi connectivity index (χ2n) is 6.49. The third-order valence-corrected chi connectivity index (χ3v) is 3.73. The van der Waals surface area contributed by atoms with E-state index in [1.165, 1.54) is 6.08 Å². The molecule has 1 aromatic carbocycles. The van der Waals surface area contributed by atoms with Crippen LogP contribution in [0.5, 0.6) is 0 Å². The van der Waals surface area contributed by atoms with Crippen LogP contribution in [-0.4, -0.2) is 28.3 Å². The molecule has 0 unspecified atom stereocenters. The molecule has 4 nitrogen and oxygen atoms in total. The fourth-order valence-electron chi connectivity index (χ4n) is 2.09. The number of benzene rings is 1. The summed E-state index contributed by atoms with van der Waals surface area (Å²) in [6, 6.07) is 6.97. The topological polar surface area (TPSA) is 74.6 Å². The van der Waals surface area contributed by atoms with Crippen LogP contribution in [0.3, 0.4) is 0 Å². The number of carboxylic acid groups (broad SMARTS) is 2. The molecule has 0 radical (unpaired) electrons. The van der Waals surface area contributed by atoms with Crippen LogP contribution in [0.15, 0.2) is 30.3 Å². The van der Waals surface area contributed by atoms with E-state index in [1.807, 2.05) is 32.9 Å². The predicted octanol–water partition coefficient (Wildman–Crippen LogP) is 4.11. The minimum absolute atomic E-state index is 0.0830. The molecular weight excluding hydrogens is 325 g/mol. The second kappa shape index (κ2) is 6.67. The summed E-state index contributed by atoms with van der Waals surface area (Å²) in [4.78, 5) is 21.9. The molecule has 1 aromatic rings. The van der Waals surface area contributed by atoms with Crippen LogP contribution in [0.25, 0.3) is 6.08 Å². The van der Waals surface area contributed by atoms with Crippen LogP contribution in [0.4, 0.5) is 13.2 Å². The largest absolute Gasteiger partial charge is 0.480 e. The van der Waals surface area contributed by atoms with E-state index in [-0.39, 0.29) is 5.41 Å². The molecule has 0 spiro atoms. The summed E-state index contributed by atoms with van der Waals surface area (Å²) in [5, 5.41) is 17.6. The van der Waals surface area contributed by atoms with Gasteiger partial charge in [-0.05, 0) is 16.5 Å². The van der Waals surface area contributed by atoms with Gasteiger partial charge >= 0.3 is 18.1 Å². The van der Waals surface area contributed by atoms with Gasteiger partial charge in [0.05, 0.1) is 0 Å². The Morgan fingerprint density at radius 2 is 1.46 bits per heavy atom. The summed E-state index contributed by atoms with van der Waals surface area (Å²) >= 11 is 0. The Bertz CT molecular complexity index is 623. The van der Waals surface area contributed by atoms with Crippen LogP contribution in [0.2, 0.25) is 0 Å². The Kier molecular flexibility index (Phi) is 5.48. The summed E-state index contributed by atoms with van der Waals surface area (Å²) in [7, 11) is 0. The maximum atomic E-state index is 13.0. The highest BCUT2D eigenvalue weighted by molar-refractivity contribution is 5.99. The van der Waals surface area contributed by atoms with Crippen molar-refractivity contribution in [2.45, 2.75) is 38.8 Å². The summed E-state index contributed by atoms with van der Waals surface area (Å²) in [6.07, 6.45) is -4.41. The summed E-state index contributed by atoms with van der Waals surface area (Å²) in [6.45, 7) is 6.03. The maximum Gasteiger partial charge on any atom is 0.415 e. The van der Waals surface area contributed by atoms with Crippen molar-refractivity contribution >= 4 is 18.0 Å². The summed E-state index contributed by atoms with van der Waals surface area (Å²) in [5.74, 6) is -4.87. The molecule has 0 atom stereocenters. The highest BCUT2D eigenvalue weighted by Crippen LogP contribution is 2.42. The van der Waals surface area contributed by atoms with Crippen molar-refractivity contribution in [3.63, 3.8) is 0 Å². The molecule has 0 aromatic heterocycles. The lowest BCUT2D eigenvalue weighted by atomic mass is 9.83. The normalized spacial score (nSPS) is 13.2. The van der Waals surface area contributed by atoms with Crippen LogP contribution >= 0.6 is 0 Å². The first-order valence-electron chi connectivity index (χ1n) is 7.13. The second-order valence-corrected chi connectivity index (χ2v) is 6.49. The predicted molar refractivity (Wildman–Crippen MR) is 82.6 cm³/mol. The van der Waals surface area contributed by atoms with E-state index in [4.69, 9.17) is 10.2 Å². The summed E-state index contributed by atoms with van der Waals surface area (Å²) in [5.41, 5.74) is -2.36. The number of alkyl halides is 3. The molecule has 0 aliphatic carbocycles. The van der Waals surface area contributed by atoms with Crippen LogP contribution in [0, 0.1) is 5.41 Å². The number of aliphatic carboxylic acids is 2. The van der Waals surface area contributed by atoms with Crippen molar-refractivity contribution in [3.8, 4) is 0 Å². The van der Waals surface area contributed by atoms with Gasteiger partial charge in [-0.2, -0.15) is 13.2 Å². The van der Waals surface area contributed by atoms with Gasteiger partial charge in [0.2, 0.25) is 0 Å². The molecule has 1 rings (SSSR count). The average Bonchev–Trinajstić information content (AvgIpc) is 2.40. The minimum Gasteiger partial charge on any atom is -0.480 e. The average molecular weight is 344 g/mol. The van der Waals surface area contributed by atoms with Gasteiger partial charge < -0.3 is 10.2 Å². The Balaban J connectivity index is 3.05. The number of rotatable bonds is 5. The zero-order valence-corrected chi connectivity index (χ0v) is 13.5. The van der Waals surface area contributed by atoms with E-state index in [0.717, 1.165) is 11.6 Å². The Labute approximate surface area is 137 Å². The minimum atomic E-state index is -5.41. The standard InChI is InChI=1S/C17H19F3O4/c1-15(2,3)12-8-6-11(7-9-12)5-4-10-16(13(21)22,14(23)24)17(18,19)20/h4-9H,10H2,1-3H3,(H,21,22)(H,23,24)/b5-4+. The van der Waals surface area contributed by atoms with E-state index in [9.17, 15) is 22.8 Å². The van der Waals surface area contributed by atoms with Crippen LogP contribution in [0.1, 0.15) is 38.3 Å². The van der Waals surface area contributed by atoms with Crippen LogP contribution < -0.4 is 0 Å². The Morgan fingerprint density at radius 1 is 1.00 bits per heavy atom. The molecule has 0 saturated carbocycles. The third-order valence-electron chi connectivity index (χ3n) is 3.73. The molecule has 0 bridgehead atoms. The van der Waals surface area contributed by atoms with E-state index in [1.54, 1.807) is 12.1 Å². The number of carboxylic acids is 2. The molecule has 0 fully saturated rings. The van der Waals surface area contributed by atoms with E-state index >= 15 is 0 Å². The zero-order chi connectivity index (χ0) is 18.8. The smallest absolute Gasteiger partial charge is 0.415 e. The molecule has 0 heterocycles. The fourth-order valence-corrected chi connectivity index (χ4v) is 2.09. The molecule has 7 heteroatoms. The van der Waals surface area contributed by atoms with Crippen molar-refractivity contribution < 1.29 is 33.0 Å². The lowest BCUT2D eigenvalue weighted by Gasteiger charge is -2.26. The first-order valence-corrected chi connectivity index (χ1v) is 7.13. The van der Waals surface area contributed by atoms with Crippen molar-refractivity contribution in [3.05, 3.63) is 41.5 Å². The third kappa shape index (κ3) is 3.96. The Hall–Kier alpha value is -2.31. The monoisotopic (exact) mass is 344 g/mol. The van der Waals surface area contributed by atoms with Gasteiger partial charge in [-0.1, -0.05) is 57.2 Å². The van der Waals surface area contributed by atoms with Crippen LogP contribution in [-0.2, 0) is 15.0 Å². The Morgan fingerprint density at radius 3 is 1.79 bits per heavy atom. The van der Waals surface area contributed by atoms with Gasteiger partial charge in [-0.15, -0.1) is 0 Å². The van der Waals surface area contributed by atoms with Gasteiger partial charge in [-0.25, -0.2) is 0 Å². The van der Waals surface area contributed by atoms with Gasteiger partial charge in [0, 0.05) is 6.42 Å². The number of carbonyl (C=O) groups is 2. The first-order chi connectivity index (χ1) is 10.8. The number of hydrogen-bond donors (Lipinski definition) is 2. The van der Waals surface area contributed by atoms with Gasteiger partial charge in [-0.3, -0.25) is 9.59 Å². The number of allylic oxidation sites excluding steroid dienone is 1. The number of halogens is 3. The molecule has 0 saturated heterocycles. The maximum absolute atomic E-state index is 13.0. The highest BCUT2D eigenvalue weighted by Gasteiger charge is 2.66. The summed E-state index contributed by atoms with van der Waals surface area (Å²) < 4.78 is 39.0. The number of hydrogen-bond acceptors (Lipinski definition) is 2. The van der Waals surface area contributed by atoms with E-state index in [0.29, 0.717) is 5.56 Å².